The fourth-order valence-corrected chi connectivity index (χ4v) is 2.51. The Morgan fingerprint density at radius 2 is 0.667 bits per heavy atom. The molecule has 0 spiro atoms. The van der Waals surface area contributed by atoms with Crippen LogP contribution in [0.3, 0.4) is 0 Å². The summed E-state index contributed by atoms with van der Waals surface area (Å²) in [6, 6.07) is 32.0. The van der Waals surface area contributed by atoms with Gasteiger partial charge in [0.1, 0.15) is 0 Å². The summed E-state index contributed by atoms with van der Waals surface area (Å²) in [5, 5.41) is 0. The van der Waals surface area contributed by atoms with Gasteiger partial charge < -0.3 is 4.48 Å². The first-order chi connectivity index (χ1) is 11.4. The molecule has 24 heavy (non-hydrogen) atoms. The standard InChI is InChI=1S/C18H15B.C4H12N/c1-4-10-16(11-5-1)19(17-12-6-2-7-13-17)18-14-8-3-9-15-18;1-5(2,3)4/h1-15H;1-4H3/q;+1. The minimum atomic E-state index is 0.309. The molecule has 0 atom stereocenters. The van der Waals surface area contributed by atoms with Gasteiger partial charge in [0.05, 0.1) is 28.2 Å². The largest absolute Gasteiger partial charge is 0.333 e. The molecule has 0 fully saturated rings. The normalized spacial score (nSPS) is 10.5. The van der Waals surface area contributed by atoms with Crippen molar-refractivity contribution in [3.63, 3.8) is 0 Å². The maximum atomic E-state index is 2.20. The Morgan fingerprint density at radius 1 is 0.458 bits per heavy atom. The van der Waals surface area contributed by atoms with Gasteiger partial charge in [-0.3, -0.25) is 0 Å². The molecule has 0 unspecified atom stereocenters. The van der Waals surface area contributed by atoms with Crippen LogP contribution in [0.25, 0.3) is 0 Å². The number of hydrogen-bond donors (Lipinski definition) is 0. The highest BCUT2D eigenvalue weighted by Gasteiger charge is 2.20. The second-order valence-electron chi connectivity index (χ2n) is 7.35. The maximum absolute atomic E-state index is 2.20. The summed E-state index contributed by atoms with van der Waals surface area (Å²) in [6.45, 7) is 0.309. The lowest BCUT2D eigenvalue weighted by molar-refractivity contribution is -0.849. The lowest BCUT2D eigenvalue weighted by Crippen LogP contribution is -2.51. The average molecular weight is 316 g/mol. The van der Waals surface area contributed by atoms with Gasteiger partial charge in [-0.2, -0.15) is 0 Å². The van der Waals surface area contributed by atoms with E-state index in [-0.39, 0.29) is 0 Å². The predicted octanol–water partition coefficient (Wildman–Crippen LogP) is 2.53. The molecule has 0 bridgehead atoms. The van der Waals surface area contributed by atoms with E-state index in [1.54, 1.807) is 0 Å². The molecule has 0 aromatic heterocycles. The van der Waals surface area contributed by atoms with Gasteiger partial charge in [-0.05, 0) is 0 Å². The van der Waals surface area contributed by atoms with Crippen LogP contribution in [-0.4, -0.2) is 39.4 Å². The second kappa shape index (κ2) is 8.51. The van der Waals surface area contributed by atoms with Crippen molar-refractivity contribution in [1.29, 1.82) is 0 Å². The molecule has 3 rings (SSSR count). The van der Waals surface area contributed by atoms with Crippen LogP contribution >= 0.6 is 0 Å². The summed E-state index contributed by atoms with van der Waals surface area (Å²) >= 11 is 0. The number of hydrogen-bond acceptors (Lipinski definition) is 0. The number of rotatable bonds is 3. The summed E-state index contributed by atoms with van der Waals surface area (Å²) in [4.78, 5) is 0. The van der Waals surface area contributed by atoms with Crippen molar-refractivity contribution in [2.24, 2.45) is 0 Å². The minimum absolute atomic E-state index is 0.309. The molecule has 0 heterocycles. The zero-order valence-electron chi connectivity index (χ0n) is 15.2. The molecule has 3 aromatic carbocycles. The summed E-state index contributed by atoms with van der Waals surface area (Å²) in [5.41, 5.74) is 4.00. The van der Waals surface area contributed by atoms with Crippen molar-refractivity contribution in [2.75, 3.05) is 28.2 Å². The van der Waals surface area contributed by atoms with Crippen molar-refractivity contribution < 1.29 is 4.48 Å². The molecule has 0 saturated carbocycles. The van der Waals surface area contributed by atoms with Crippen molar-refractivity contribution in [1.82, 2.24) is 0 Å². The highest BCUT2D eigenvalue weighted by molar-refractivity contribution is 6.95. The molecule has 0 radical (unpaired) electrons. The molecule has 0 aliphatic carbocycles. The lowest BCUT2D eigenvalue weighted by atomic mass is 9.37. The van der Waals surface area contributed by atoms with E-state index in [1.807, 2.05) is 0 Å². The molecule has 2 heteroatoms. The van der Waals surface area contributed by atoms with Crippen LogP contribution in [0.4, 0.5) is 0 Å². The molecular formula is C22H27BN+. The van der Waals surface area contributed by atoms with Crippen molar-refractivity contribution in [3.05, 3.63) is 91.0 Å². The van der Waals surface area contributed by atoms with Gasteiger partial charge in [0.15, 0.2) is 0 Å². The maximum Gasteiger partial charge on any atom is 0.241 e. The molecular weight excluding hydrogens is 289 g/mol. The smallest absolute Gasteiger partial charge is 0.241 e. The predicted molar refractivity (Wildman–Crippen MR) is 108 cm³/mol. The number of benzene rings is 3. The van der Waals surface area contributed by atoms with E-state index in [0.717, 1.165) is 4.48 Å². The van der Waals surface area contributed by atoms with Gasteiger partial charge in [0.2, 0.25) is 6.71 Å². The minimum Gasteiger partial charge on any atom is -0.333 e. The van der Waals surface area contributed by atoms with E-state index in [1.165, 1.54) is 16.4 Å². The Morgan fingerprint density at radius 3 is 0.875 bits per heavy atom. The Balaban J connectivity index is 0.000000368. The van der Waals surface area contributed by atoms with Gasteiger partial charge in [0, 0.05) is 0 Å². The SMILES string of the molecule is C[N+](C)(C)C.c1ccc(B(c2ccccc2)c2ccccc2)cc1. The van der Waals surface area contributed by atoms with Crippen LogP contribution in [0.1, 0.15) is 0 Å². The summed E-state index contributed by atoms with van der Waals surface area (Å²) < 4.78 is 1.00. The van der Waals surface area contributed by atoms with E-state index in [2.05, 4.69) is 119 Å². The van der Waals surface area contributed by atoms with E-state index in [0.29, 0.717) is 6.71 Å². The van der Waals surface area contributed by atoms with Crippen LogP contribution in [0.2, 0.25) is 0 Å². The van der Waals surface area contributed by atoms with Crippen LogP contribution in [0.5, 0.6) is 0 Å². The third-order valence-electron chi connectivity index (χ3n) is 3.40. The first kappa shape index (κ1) is 18.0. The molecule has 3 aromatic rings. The fourth-order valence-electron chi connectivity index (χ4n) is 2.51. The molecule has 0 aliphatic rings. The number of nitrogens with zero attached hydrogens (tertiary/aromatic N) is 1. The molecule has 0 amide bonds. The average Bonchev–Trinajstić information content (AvgIpc) is 2.57. The molecule has 0 aliphatic heterocycles. The van der Waals surface area contributed by atoms with Crippen LogP contribution in [-0.2, 0) is 0 Å². The molecule has 0 saturated heterocycles. The second-order valence-corrected chi connectivity index (χ2v) is 7.35. The van der Waals surface area contributed by atoms with E-state index in [9.17, 15) is 0 Å². The highest BCUT2D eigenvalue weighted by atomic mass is 15.2. The van der Waals surface area contributed by atoms with Crippen molar-refractivity contribution >= 4 is 23.1 Å². The monoisotopic (exact) mass is 316 g/mol. The summed E-state index contributed by atoms with van der Waals surface area (Å²) in [5.74, 6) is 0. The first-order valence-corrected chi connectivity index (χ1v) is 8.39. The third kappa shape index (κ3) is 6.06. The topological polar surface area (TPSA) is 0 Å². The zero-order valence-corrected chi connectivity index (χ0v) is 15.2. The van der Waals surface area contributed by atoms with E-state index < -0.39 is 0 Å². The molecule has 122 valence electrons. The van der Waals surface area contributed by atoms with Crippen molar-refractivity contribution in [2.45, 2.75) is 0 Å². The lowest BCUT2D eigenvalue weighted by Gasteiger charge is -2.15. The quantitative estimate of drug-likeness (QED) is 0.514. The van der Waals surface area contributed by atoms with Gasteiger partial charge in [-0.25, -0.2) is 0 Å². The number of quaternary nitrogens is 1. The Kier molecular flexibility index (Phi) is 6.40. The Bertz CT molecular complexity index is 603. The highest BCUT2D eigenvalue weighted by Crippen LogP contribution is 1.95. The zero-order chi connectivity index (χ0) is 17.4. The van der Waals surface area contributed by atoms with E-state index in [4.69, 9.17) is 0 Å². The first-order valence-electron chi connectivity index (χ1n) is 8.39. The van der Waals surface area contributed by atoms with Crippen LogP contribution in [0.15, 0.2) is 91.0 Å². The molecule has 0 N–H and O–H groups in total. The summed E-state index contributed by atoms with van der Waals surface area (Å²) in [7, 11) is 8.50. The van der Waals surface area contributed by atoms with Crippen LogP contribution in [0, 0.1) is 0 Å². The van der Waals surface area contributed by atoms with Crippen molar-refractivity contribution in [3.8, 4) is 0 Å². The fraction of sp³-hybridized carbons (Fsp3) is 0.182. The third-order valence-corrected chi connectivity index (χ3v) is 3.40. The summed E-state index contributed by atoms with van der Waals surface area (Å²) in [6.07, 6.45) is 0. The Labute approximate surface area is 147 Å². The van der Waals surface area contributed by atoms with E-state index >= 15 is 0 Å². The Hall–Kier alpha value is -2.32. The van der Waals surface area contributed by atoms with Gasteiger partial charge in [0.25, 0.3) is 0 Å². The van der Waals surface area contributed by atoms with Crippen LogP contribution < -0.4 is 16.4 Å². The van der Waals surface area contributed by atoms with Gasteiger partial charge >= 0.3 is 0 Å². The van der Waals surface area contributed by atoms with Gasteiger partial charge in [-0.1, -0.05) is 107 Å². The molecule has 1 nitrogen and oxygen atoms in total. The van der Waals surface area contributed by atoms with Gasteiger partial charge in [-0.15, -0.1) is 0 Å².